The van der Waals surface area contributed by atoms with Crippen LogP contribution in [0.4, 0.5) is 0 Å². The minimum Gasteiger partial charge on any atom is -0.268 e. The van der Waals surface area contributed by atoms with Crippen LogP contribution in [0.25, 0.3) is 28.2 Å². The molecule has 122 valence electrons. The Morgan fingerprint density at radius 1 is 0.800 bits per heavy atom. The molecule has 0 spiro atoms. The van der Waals surface area contributed by atoms with Gasteiger partial charge in [0.2, 0.25) is 0 Å². The van der Waals surface area contributed by atoms with E-state index in [1.54, 1.807) is 6.07 Å². The molecule has 0 fully saturated rings. The summed E-state index contributed by atoms with van der Waals surface area (Å²) < 4.78 is 1.43. The molecule has 0 atom stereocenters. The Kier molecular flexibility index (Phi) is 3.57. The first-order chi connectivity index (χ1) is 12.1. The third-order valence-electron chi connectivity index (χ3n) is 4.09. The van der Waals surface area contributed by atoms with Gasteiger partial charge in [0.15, 0.2) is 5.82 Å². The topological polar surface area (TPSA) is 73.6 Å². The molecule has 4 rings (SSSR count). The van der Waals surface area contributed by atoms with Crippen molar-refractivity contribution in [1.82, 2.24) is 24.7 Å². The Morgan fingerprint density at radius 2 is 1.52 bits per heavy atom. The van der Waals surface area contributed by atoms with E-state index in [1.807, 2.05) is 62.4 Å². The summed E-state index contributed by atoms with van der Waals surface area (Å²) >= 11 is 0. The van der Waals surface area contributed by atoms with E-state index < -0.39 is 0 Å². The zero-order chi connectivity index (χ0) is 17.4. The fourth-order valence-corrected chi connectivity index (χ4v) is 2.64. The Balaban J connectivity index is 2.12. The molecular weight excluding hydrogens is 314 g/mol. The molecule has 0 N–H and O–H groups in total. The van der Waals surface area contributed by atoms with Crippen molar-refractivity contribution in [2.75, 3.05) is 0 Å². The van der Waals surface area contributed by atoms with Crippen molar-refractivity contribution in [3.63, 3.8) is 0 Å². The van der Waals surface area contributed by atoms with E-state index in [0.29, 0.717) is 16.7 Å². The Labute approximate surface area is 143 Å². The first-order valence-electron chi connectivity index (χ1n) is 7.90. The molecule has 0 saturated heterocycles. The SMILES string of the molecule is Cc1nnc(-n2c(-c3ccccc3)nc3ccccc3c2=O)nc1C. The highest BCUT2D eigenvalue weighted by atomic mass is 16.1. The zero-order valence-electron chi connectivity index (χ0n) is 13.8. The summed E-state index contributed by atoms with van der Waals surface area (Å²) in [4.78, 5) is 22.3. The number of aryl methyl sites for hydroxylation is 2. The lowest BCUT2D eigenvalue weighted by Gasteiger charge is -2.12. The maximum atomic E-state index is 13.1. The van der Waals surface area contributed by atoms with Gasteiger partial charge in [-0.1, -0.05) is 42.5 Å². The van der Waals surface area contributed by atoms with Gasteiger partial charge in [0.25, 0.3) is 11.5 Å². The van der Waals surface area contributed by atoms with Crippen molar-refractivity contribution < 1.29 is 0 Å². The van der Waals surface area contributed by atoms with Crippen LogP contribution < -0.4 is 5.56 Å². The van der Waals surface area contributed by atoms with Gasteiger partial charge in [-0.05, 0) is 26.0 Å². The van der Waals surface area contributed by atoms with Crippen LogP contribution >= 0.6 is 0 Å². The second-order valence-corrected chi connectivity index (χ2v) is 5.74. The summed E-state index contributed by atoms with van der Waals surface area (Å²) in [7, 11) is 0. The summed E-state index contributed by atoms with van der Waals surface area (Å²) in [5.41, 5.74) is 2.69. The van der Waals surface area contributed by atoms with Crippen LogP contribution in [0.2, 0.25) is 0 Å². The maximum Gasteiger partial charge on any atom is 0.268 e. The Hall–Kier alpha value is -3.41. The average Bonchev–Trinajstić information content (AvgIpc) is 2.65. The highest BCUT2D eigenvalue weighted by Gasteiger charge is 2.17. The summed E-state index contributed by atoms with van der Waals surface area (Å²) in [6.45, 7) is 3.67. The van der Waals surface area contributed by atoms with Gasteiger partial charge in [0.1, 0.15) is 0 Å². The molecule has 0 bridgehead atoms. The lowest BCUT2D eigenvalue weighted by Crippen LogP contribution is -2.24. The molecule has 0 unspecified atom stereocenters. The van der Waals surface area contributed by atoms with Gasteiger partial charge < -0.3 is 0 Å². The van der Waals surface area contributed by atoms with E-state index in [1.165, 1.54) is 4.57 Å². The van der Waals surface area contributed by atoms with Crippen LogP contribution in [0, 0.1) is 13.8 Å². The minimum absolute atomic E-state index is 0.213. The van der Waals surface area contributed by atoms with Gasteiger partial charge in [0, 0.05) is 5.56 Å². The molecule has 0 radical (unpaired) electrons. The van der Waals surface area contributed by atoms with Crippen LogP contribution in [0.15, 0.2) is 59.4 Å². The molecule has 4 aromatic rings. The van der Waals surface area contributed by atoms with Gasteiger partial charge in [0.05, 0.1) is 22.3 Å². The molecule has 25 heavy (non-hydrogen) atoms. The molecule has 6 heteroatoms. The largest absolute Gasteiger partial charge is 0.268 e. The van der Waals surface area contributed by atoms with Crippen molar-refractivity contribution >= 4 is 10.9 Å². The van der Waals surface area contributed by atoms with E-state index >= 15 is 0 Å². The van der Waals surface area contributed by atoms with Crippen molar-refractivity contribution in [2.24, 2.45) is 0 Å². The number of nitrogens with zero attached hydrogens (tertiary/aromatic N) is 5. The standard InChI is InChI=1S/C19H15N5O/c1-12-13(2)22-23-19(20-12)24-17(14-8-4-3-5-9-14)21-16-11-7-6-10-15(16)18(24)25/h3-11H,1-2H3. The number of rotatable bonds is 2. The Bertz CT molecular complexity index is 1140. The first kappa shape index (κ1) is 15.1. The van der Waals surface area contributed by atoms with E-state index in [4.69, 9.17) is 0 Å². The molecule has 0 aliphatic rings. The van der Waals surface area contributed by atoms with E-state index in [0.717, 1.165) is 17.0 Å². The number of hydrogen-bond donors (Lipinski definition) is 0. The Morgan fingerprint density at radius 3 is 2.28 bits per heavy atom. The van der Waals surface area contributed by atoms with Crippen LogP contribution in [0.5, 0.6) is 0 Å². The lowest BCUT2D eigenvalue weighted by molar-refractivity contribution is 0.796. The number of para-hydroxylation sites is 1. The lowest BCUT2D eigenvalue weighted by atomic mass is 10.2. The molecule has 0 aliphatic heterocycles. The van der Waals surface area contributed by atoms with Crippen LogP contribution in [-0.4, -0.2) is 24.7 Å². The highest BCUT2D eigenvalue weighted by molar-refractivity contribution is 5.80. The smallest absolute Gasteiger partial charge is 0.268 e. The third-order valence-corrected chi connectivity index (χ3v) is 4.09. The molecule has 2 aromatic heterocycles. The highest BCUT2D eigenvalue weighted by Crippen LogP contribution is 2.20. The molecule has 6 nitrogen and oxygen atoms in total. The molecule has 2 aromatic carbocycles. The second-order valence-electron chi connectivity index (χ2n) is 5.74. The predicted molar refractivity (Wildman–Crippen MR) is 95.6 cm³/mol. The monoisotopic (exact) mass is 329 g/mol. The van der Waals surface area contributed by atoms with E-state index in [9.17, 15) is 4.79 Å². The van der Waals surface area contributed by atoms with E-state index in [-0.39, 0.29) is 11.5 Å². The quantitative estimate of drug-likeness (QED) is 0.565. The molecule has 0 amide bonds. The van der Waals surface area contributed by atoms with Gasteiger partial charge in [-0.2, -0.15) is 5.10 Å². The molecule has 2 heterocycles. The number of benzene rings is 2. The first-order valence-corrected chi connectivity index (χ1v) is 7.90. The van der Waals surface area contributed by atoms with Gasteiger partial charge in [-0.25, -0.2) is 14.5 Å². The van der Waals surface area contributed by atoms with Gasteiger partial charge in [-0.3, -0.25) is 4.79 Å². The summed E-state index contributed by atoms with van der Waals surface area (Å²) in [5.74, 6) is 0.722. The van der Waals surface area contributed by atoms with Gasteiger partial charge in [-0.15, -0.1) is 5.10 Å². The summed E-state index contributed by atoms with van der Waals surface area (Å²) in [6.07, 6.45) is 0. The number of aromatic nitrogens is 5. The van der Waals surface area contributed by atoms with Crippen LogP contribution in [0.3, 0.4) is 0 Å². The van der Waals surface area contributed by atoms with Crippen molar-refractivity contribution in [3.05, 3.63) is 76.3 Å². The van der Waals surface area contributed by atoms with Crippen LogP contribution in [-0.2, 0) is 0 Å². The van der Waals surface area contributed by atoms with Gasteiger partial charge >= 0.3 is 0 Å². The fourth-order valence-electron chi connectivity index (χ4n) is 2.64. The molecular formula is C19H15N5O. The summed E-state index contributed by atoms with van der Waals surface area (Å²) in [6, 6.07) is 16.8. The van der Waals surface area contributed by atoms with Crippen molar-refractivity contribution in [2.45, 2.75) is 13.8 Å². The van der Waals surface area contributed by atoms with Crippen molar-refractivity contribution in [1.29, 1.82) is 0 Å². The van der Waals surface area contributed by atoms with Crippen molar-refractivity contribution in [3.8, 4) is 17.3 Å². The third kappa shape index (κ3) is 2.57. The fraction of sp³-hybridized carbons (Fsp3) is 0.105. The van der Waals surface area contributed by atoms with Crippen LogP contribution in [0.1, 0.15) is 11.4 Å². The number of fused-ring (bicyclic) bond motifs is 1. The summed E-state index contributed by atoms with van der Waals surface area (Å²) in [5, 5.41) is 8.75. The average molecular weight is 329 g/mol. The normalized spacial score (nSPS) is 11.0. The minimum atomic E-state index is -0.213. The maximum absolute atomic E-state index is 13.1. The molecule has 0 saturated carbocycles. The second kappa shape index (κ2) is 5.90. The zero-order valence-corrected chi connectivity index (χ0v) is 13.8. The number of hydrogen-bond acceptors (Lipinski definition) is 5. The molecule has 0 aliphatic carbocycles. The predicted octanol–water partition coefficient (Wildman–Crippen LogP) is 2.85. The van der Waals surface area contributed by atoms with E-state index in [2.05, 4.69) is 20.2 Å².